The molecule has 0 radical (unpaired) electrons. The van der Waals surface area contributed by atoms with Gasteiger partial charge in [0.1, 0.15) is 6.10 Å². The molecule has 0 amide bonds. The number of cyclic esters (lactones) is 1. The van der Waals surface area contributed by atoms with E-state index in [1.807, 2.05) is 12.1 Å². The van der Waals surface area contributed by atoms with E-state index >= 15 is 0 Å². The highest BCUT2D eigenvalue weighted by Crippen LogP contribution is 2.35. The zero-order valence-corrected chi connectivity index (χ0v) is 15.8. The molecule has 0 aliphatic carbocycles. The van der Waals surface area contributed by atoms with Crippen molar-refractivity contribution in [3.63, 3.8) is 0 Å². The molecule has 1 saturated heterocycles. The summed E-state index contributed by atoms with van der Waals surface area (Å²) >= 11 is 0. The fraction of sp³-hybridized carbons (Fsp3) is 0.409. The first-order valence-electron chi connectivity index (χ1n) is 9.88. The summed E-state index contributed by atoms with van der Waals surface area (Å²) in [7, 11) is 0. The van der Waals surface area contributed by atoms with Gasteiger partial charge in [0.25, 0.3) is 0 Å². The Balaban J connectivity index is 1.43. The summed E-state index contributed by atoms with van der Waals surface area (Å²) in [6, 6.07) is 8.34. The third-order valence-electron chi connectivity index (χ3n) is 5.75. The van der Waals surface area contributed by atoms with Crippen LogP contribution in [0, 0.1) is 0 Å². The lowest BCUT2D eigenvalue weighted by molar-refractivity contribution is -0.151. The van der Waals surface area contributed by atoms with E-state index in [0.717, 1.165) is 67.2 Å². The Morgan fingerprint density at radius 3 is 2.75 bits per heavy atom. The van der Waals surface area contributed by atoms with Crippen LogP contribution in [-0.2, 0) is 27.2 Å². The van der Waals surface area contributed by atoms with E-state index in [0.29, 0.717) is 13.0 Å². The van der Waals surface area contributed by atoms with Gasteiger partial charge in [0.05, 0.1) is 31.9 Å². The number of carbonyl (C=O) groups is 1. The first kappa shape index (κ1) is 17.5. The number of aliphatic imine (C=N–C) groups is 1. The van der Waals surface area contributed by atoms with Crippen LogP contribution in [0.1, 0.15) is 40.3 Å². The Bertz CT molecular complexity index is 920. The molecule has 0 spiro atoms. The van der Waals surface area contributed by atoms with Crippen molar-refractivity contribution < 1.29 is 14.3 Å². The predicted molar refractivity (Wildman–Crippen MR) is 104 cm³/mol. The van der Waals surface area contributed by atoms with E-state index in [1.165, 1.54) is 5.56 Å². The zero-order valence-electron chi connectivity index (χ0n) is 15.8. The third kappa shape index (κ3) is 3.34. The van der Waals surface area contributed by atoms with E-state index < -0.39 is 0 Å². The molecule has 1 aromatic heterocycles. The van der Waals surface area contributed by atoms with Crippen LogP contribution in [0.25, 0.3) is 0 Å². The van der Waals surface area contributed by atoms with Crippen molar-refractivity contribution in [2.75, 3.05) is 32.8 Å². The minimum atomic E-state index is -0.191. The van der Waals surface area contributed by atoms with Crippen LogP contribution < -0.4 is 0 Å². The number of pyridine rings is 1. The quantitative estimate of drug-likeness (QED) is 0.765. The summed E-state index contributed by atoms with van der Waals surface area (Å²) in [5, 5.41) is 0. The number of fused-ring (bicyclic) bond motifs is 2. The molecule has 0 bridgehead atoms. The average Bonchev–Trinajstić information content (AvgIpc) is 3.14. The predicted octanol–water partition coefficient (Wildman–Crippen LogP) is 2.30. The van der Waals surface area contributed by atoms with Gasteiger partial charge in [0, 0.05) is 49.6 Å². The van der Waals surface area contributed by atoms with E-state index in [9.17, 15) is 4.79 Å². The maximum Gasteiger partial charge on any atom is 0.310 e. The van der Waals surface area contributed by atoms with Crippen molar-refractivity contribution >= 4 is 11.7 Å². The molecule has 4 heterocycles. The third-order valence-corrected chi connectivity index (χ3v) is 5.75. The van der Waals surface area contributed by atoms with Gasteiger partial charge < -0.3 is 9.47 Å². The molecule has 6 heteroatoms. The smallest absolute Gasteiger partial charge is 0.310 e. The van der Waals surface area contributed by atoms with Gasteiger partial charge in [-0.3, -0.25) is 19.7 Å². The lowest BCUT2D eigenvalue weighted by Gasteiger charge is -2.31. The van der Waals surface area contributed by atoms with Gasteiger partial charge in [-0.25, -0.2) is 0 Å². The van der Waals surface area contributed by atoms with Crippen LogP contribution in [0.2, 0.25) is 0 Å². The minimum Gasteiger partial charge on any atom is -0.457 e. The second kappa shape index (κ2) is 7.45. The van der Waals surface area contributed by atoms with Gasteiger partial charge in [-0.15, -0.1) is 0 Å². The topological polar surface area (TPSA) is 64.0 Å². The van der Waals surface area contributed by atoms with Crippen LogP contribution in [0.3, 0.4) is 0 Å². The standard InChI is InChI=1S/C22H23N3O3/c26-21-12-16-11-17-14-24-22(15-1-4-23-5-2-15)19(17)13-18(16)20(28-21)3-6-25-7-9-27-10-8-25/h1-2,4-5,11,13,20H,3,6-10,12,14H2. The number of hydrogen-bond donors (Lipinski definition) is 0. The number of benzene rings is 1. The van der Waals surface area contributed by atoms with Crippen LogP contribution in [0.5, 0.6) is 0 Å². The highest BCUT2D eigenvalue weighted by molar-refractivity contribution is 6.15. The van der Waals surface area contributed by atoms with Crippen molar-refractivity contribution in [3.8, 4) is 0 Å². The van der Waals surface area contributed by atoms with Crippen molar-refractivity contribution in [3.05, 3.63) is 64.5 Å². The fourth-order valence-electron chi connectivity index (χ4n) is 4.28. The minimum absolute atomic E-state index is 0.132. The Kier molecular flexibility index (Phi) is 4.66. The first-order valence-corrected chi connectivity index (χ1v) is 9.88. The van der Waals surface area contributed by atoms with Gasteiger partial charge in [-0.2, -0.15) is 0 Å². The molecular weight excluding hydrogens is 354 g/mol. The van der Waals surface area contributed by atoms with E-state index in [-0.39, 0.29) is 12.1 Å². The number of carbonyl (C=O) groups excluding carboxylic acids is 1. The van der Waals surface area contributed by atoms with Crippen molar-refractivity contribution in [2.45, 2.75) is 25.5 Å². The maximum atomic E-state index is 12.2. The van der Waals surface area contributed by atoms with Gasteiger partial charge in [0.15, 0.2) is 0 Å². The molecule has 144 valence electrons. The van der Waals surface area contributed by atoms with Crippen molar-refractivity contribution in [1.82, 2.24) is 9.88 Å². The number of esters is 1. The number of morpholine rings is 1. The van der Waals surface area contributed by atoms with Crippen LogP contribution >= 0.6 is 0 Å². The lowest BCUT2D eigenvalue weighted by atomic mass is 9.89. The Morgan fingerprint density at radius 2 is 1.93 bits per heavy atom. The Morgan fingerprint density at radius 1 is 1.11 bits per heavy atom. The summed E-state index contributed by atoms with van der Waals surface area (Å²) in [5.74, 6) is -0.132. The molecule has 5 rings (SSSR count). The molecule has 3 aliphatic rings. The zero-order chi connectivity index (χ0) is 18.9. The molecule has 2 aromatic rings. The maximum absolute atomic E-state index is 12.2. The molecule has 1 unspecified atom stereocenters. The number of ether oxygens (including phenoxy) is 2. The summed E-state index contributed by atoms with van der Waals surface area (Å²) in [6.07, 6.45) is 4.55. The average molecular weight is 377 g/mol. The SMILES string of the molecule is O=C1Cc2cc3c(cc2C(CCN2CCOCC2)O1)C(c1ccncc1)=NC3. The van der Waals surface area contributed by atoms with Crippen LogP contribution in [0.4, 0.5) is 0 Å². The Hall–Kier alpha value is -2.57. The number of rotatable bonds is 4. The summed E-state index contributed by atoms with van der Waals surface area (Å²) in [5.41, 5.74) is 6.64. The monoisotopic (exact) mass is 377 g/mol. The lowest BCUT2D eigenvalue weighted by Crippen LogP contribution is -2.38. The van der Waals surface area contributed by atoms with Gasteiger partial charge >= 0.3 is 5.97 Å². The normalized spacial score (nSPS) is 21.6. The molecule has 0 saturated carbocycles. The fourth-order valence-corrected chi connectivity index (χ4v) is 4.28. The summed E-state index contributed by atoms with van der Waals surface area (Å²) < 4.78 is 11.2. The van der Waals surface area contributed by atoms with Crippen molar-refractivity contribution in [1.29, 1.82) is 0 Å². The number of hydrogen-bond acceptors (Lipinski definition) is 6. The van der Waals surface area contributed by atoms with E-state index in [4.69, 9.17) is 14.5 Å². The molecule has 6 nitrogen and oxygen atoms in total. The summed E-state index contributed by atoms with van der Waals surface area (Å²) in [6.45, 7) is 5.00. The van der Waals surface area contributed by atoms with E-state index in [1.54, 1.807) is 12.4 Å². The molecule has 1 atom stereocenters. The molecule has 1 fully saturated rings. The second-order valence-electron chi connectivity index (χ2n) is 7.51. The number of aromatic nitrogens is 1. The van der Waals surface area contributed by atoms with Gasteiger partial charge in [0.2, 0.25) is 0 Å². The molecule has 1 aromatic carbocycles. The molecule has 0 N–H and O–H groups in total. The van der Waals surface area contributed by atoms with Gasteiger partial charge in [-0.1, -0.05) is 6.07 Å². The second-order valence-corrected chi connectivity index (χ2v) is 7.51. The van der Waals surface area contributed by atoms with Crippen LogP contribution in [0.15, 0.2) is 41.7 Å². The molecular formula is C22H23N3O3. The first-order chi connectivity index (χ1) is 13.8. The molecule has 3 aliphatic heterocycles. The largest absolute Gasteiger partial charge is 0.457 e. The van der Waals surface area contributed by atoms with Gasteiger partial charge in [-0.05, 0) is 34.9 Å². The van der Waals surface area contributed by atoms with E-state index in [2.05, 4.69) is 22.0 Å². The number of nitrogens with zero attached hydrogens (tertiary/aromatic N) is 3. The summed E-state index contributed by atoms with van der Waals surface area (Å²) in [4.78, 5) is 23.4. The van der Waals surface area contributed by atoms with Crippen molar-refractivity contribution in [2.24, 2.45) is 4.99 Å². The van der Waals surface area contributed by atoms with Crippen LogP contribution in [-0.4, -0.2) is 54.4 Å². The molecule has 28 heavy (non-hydrogen) atoms. The highest BCUT2D eigenvalue weighted by Gasteiger charge is 2.30. The Labute approximate surface area is 164 Å². The highest BCUT2D eigenvalue weighted by atomic mass is 16.5.